The van der Waals surface area contributed by atoms with Gasteiger partial charge in [-0.3, -0.25) is 4.90 Å². The molecule has 1 unspecified atom stereocenters. The van der Waals surface area contributed by atoms with Crippen molar-refractivity contribution in [3.8, 4) is 0 Å². The summed E-state index contributed by atoms with van der Waals surface area (Å²) in [6, 6.07) is 1.00. The molecule has 0 amide bonds. The molecule has 3 heteroatoms. The molecular formula is C12H23NO2. The lowest BCUT2D eigenvalue weighted by molar-refractivity contribution is 0.0152. The van der Waals surface area contributed by atoms with Gasteiger partial charge in [0, 0.05) is 12.1 Å². The first-order valence-corrected chi connectivity index (χ1v) is 6.36. The molecule has 0 radical (unpaired) electrons. The van der Waals surface area contributed by atoms with Gasteiger partial charge in [0.25, 0.3) is 0 Å². The largest absolute Gasteiger partial charge is 0.395 e. The van der Waals surface area contributed by atoms with Gasteiger partial charge >= 0.3 is 0 Å². The third kappa shape index (κ3) is 2.71. The molecule has 2 N–H and O–H groups in total. The zero-order chi connectivity index (χ0) is 10.7. The maximum Gasteiger partial charge on any atom is 0.0586 e. The third-order valence-electron chi connectivity index (χ3n) is 4.02. The number of rotatable bonds is 2. The summed E-state index contributed by atoms with van der Waals surface area (Å²) in [4.78, 5) is 2.50. The van der Waals surface area contributed by atoms with Crippen LogP contribution in [0.5, 0.6) is 0 Å². The molecule has 1 aliphatic heterocycles. The summed E-state index contributed by atoms with van der Waals surface area (Å²) < 4.78 is 0. The summed E-state index contributed by atoms with van der Waals surface area (Å²) in [5.74, 6) is 0. The van der Waals surface area contributed by atoms with E-state index >= 15 is 0 Å². The van der Waals surface area contributed by atoms with E-state index in [9.17, 15) is 10.2 Å². The van der Waals surface area contributed by atoms with Crippen molar-refractivity contribution in [1.82, 2.24) is 4.90 Å². The van der Waals surface area contributed by atoms with Crippen molar-refractivity contribution in [3.63, 3.8) is 0 Å². The Labute approximate surface area is 92.1 Å². The second-order valence-corrected chi connectivity index (χ2v) is 5.03. The summed E-state index contributed by atoms with van der Waals surface area (Å²) in [6.45, 7) is 1.45. The highest BCUT2D eigenvalue weighted by Crippen LogP contribution is 2.28. The van der Waals surface area contributed by atoms with Crippen LogP contribution in [0.15, 0.2) is 0 Å². The molecular weight excluding hydrogens is 190 g/mol. The van der Waals surface area contributed by atoms with Crippen LogP contribution in [0.1, 0.15) is 44.9 Å². The summed E-state index contributed by atoms with van der Waals surface area (Å²) >= 11 is 0. The highest BCUT2D eigenvalue weighted by atomic mass is 16.3. The van der Waals surface area contributed by atoms with Crippen LogP contribution in [0.3, 0.4) is 0 Å². The van der Waals surface area contributed by atoms with Gasteiger partial charge in [0.05, 0.1) is 12.7 Å². The zero-order valence-corrected chi connectivity index (χ0v) is 9.44. The molecule has 1 heterocycles. The SMILES string of the molecule is OCC1CCCCN1C1CCC(O)CC1. The topological polar surface area (TPSA) is 43.7 Å². The second-order valence-electron chi connectivity index (χ2n) is 5.03. The standard InChI is InChI=1S/C12H23NO2/c14-9-11-3-1-2-8-13(11)10-4-6-12(15)7-5-10/h10-12,14-15H,1-9H2. The highest BCUT2D eigenvalue weighted by molar-refractivity contribution is 4.85. The summed E-state index contributed by atoms with van der Waals surface area (Å²) in [6.07, 6.45) is 7.72. The number of likely N-dealkylation sites (tertiary alicyclic amines) is 1. The summed E-state index contributed by atoms with van der Waals surface area (Å²) in [7, 11) is 0. The average molecular weight is 213 g/mol. The first-order chi connectivity index (χ1) is 7.31. The molecule has 0 bridgehead atoms. The molecule has 15 heavy (non-hydrogen) atoms. The van der Waals surface area contributed by atoms with Gasteiger partial charge in [-0.2, -0.15) is 0 Å². The van der Waals surface area contributed by atoms with Gasteiger partial charge in [-0.1, -0.05) is 6.42 Å². The lowest BCUT2D eigenvalue weighted by atomic mass is 9.89. The third-order valence-corrected chi connectivity index (χ3v) is 4.02. The lowest BCUT2D eigenvalue weighted by Gasteiger charge is -2.42. The second kappa shape index (κ2) is 5.28. The van der Waals surface area contributed by atoms with Crippen LogP contribution >= 0.6 is 0 Å². The molecule has 0 aromatic carbocycles. The van der Waals surface area contributed by atoms with Crippen molar-refractivity contribution in [2.75, 3.05) is 13.2 Å². The normalized spacial score (nSPS) is 39.2. The zero-order valence-electron chi connectivity index (χ0n) is 9.44. The van der Waals surface area contributed by atoms with Gasteiger partial charge in [-0.15, -0.1) is 0 Å². The van der Waals surface area contributed by atoms with Crippen LogP contribution in [0.2, 0.25) is 0 Å². The highest BCUT2D eigenvalue weighted by Gasteiger charge is 2.30. The van der Waals surface area contributed by atoms with Crippen molar-refractivity contribution < 1.29 is 10.2 Å². The number of hydrogen-bond donors (Lipinski definition) is 2. The quantitative estimate of drug-likeness (QED) is 0.723. The average Bonchev–Trinajstić information content (AvgIpc) is 2.30. The fourth-order valence-corrected chi connectivity index (χ4v) is 3.09. The van der Waals surface area contributed by atoms with E-state index in [0.29, 0.717) is 18.7 Å². The molecule has 2 aliphatic rings. The van der Waals surface area contributed by atoms with E-state index in [1.807, 2.05) is 0 Å². The van der Waals surface area contributed by atoms with Crippen molar-refractivity contribution in [3.05, 3.63) is 0 Å². The summed E-state index contributed by atoms with van der Waals surface area (Å²) in [5.41, 5.74) is 0. The van der Waals surface area contributed by atoms with Gasteiger partial charge in [0.1, 0.15) is 0 Å². The molecule has 1 saturated carbocycles. The Balaban J connectivity index is 1.90. The van der Waals surface area contributed by atoms with E-state index in [1.54, 1.807) is 0 Å². The van der Waals surface area contributed by atoms with E-state index in [-0.39, 0.29) is 6.10 Å². The molecule has 2 fully saturated rings. The Hall–Kier alpha value is -0.120. The fourth-order valence-electron chi connectivity index (χ4n) is 3.09. The van der Waals surface area contributed by atoms with Gasteiger partial charge < -0.3 is 10.2 Å². The minimum Gasteiger partial charge on any atom is -0.395 e. The van der Waals surface area contributed by atoms with Crippen LogP contribution in [-0.4, -0.2) is 46.5 Å². The molecule has 1 aliphatic carbocycles. The number of nitrogens with zero attached hydrogens (tertiary/aromatic N) is 1. The first kappa shape index (κ1) is 11.4. The Morgan fingerprint density at radius 1 is 1.00 bits per heavy atom. The molecule has 88 valence electrons. The van der Waals surface area contributed by atoms with Crippen LogP contribution in [0.25, 0.3) is 0 Å². The molecule has 1 saturated heterocycles. The van der Waals surface area contributed by atoms with Gasteiger partial charge in [0.15, 0.2) is 0 Å². The van der Waals surface area contributed by atoms with Gasteiger partial charge in [-0.25, -0.2) is 0 Å². The Kier molecular flexibility index (Phi) is 4.00. The Morgan fingerprint density at radius 3 is 2.40 bits per heavy atom. The minimum atomic E-state index is -0.0707. The van der Waals surface area contributed by atoms with Crippen molar-refractivity contribution >= 4 is 0 Å². The van der Waals surface area contributed by atoms with Gasteiger partial charge in [0.2, 0.25) is 0 Å². The van der Waals surface area contributed by atoms with Crippen LogP contribution in [0, 0.1) is 0 Å². The molecule has 0 spiro atoms. The maximum absolute atomic E-state index is 9.48. The van der Waals surface area contributed by atoms with Crippen molar-refractivity contribution in [2.24, 2.45) is 0 Å². The smallest absolute Gasteiger partial charge is 0.0586 e. The van der Waals surface area contributed by atoms with E-state index in [1.165, 1.54) is 12.8 Å². The predicted octanol–water partition coefficient (Wildman–Crippen LogP) is 1.14. The molecule has 0 aromatic rings. The molecule has 3 nitrogen and oxygen atoms in total. The van der Waals surface area contributed by atoms with Gasteiger partial charge in [-0.05, 0) is 45.1 Å². The lowest BCUT2D eigenvalue weighted by Crippen LogP contribution is -2.49. The Morgan fingerprint density at radius 2 is 1.73 bits per heavy atom. The molecule has 1 atom stereocenters. The monoisotopic (exact) mass is 213 g/mol. The number of piperidine rings is 1. The summed E-state index contributed by atoms with van der Waals surface area (Å²) in [5, 5.41) is 18.8. The van der Waals surface area contributed by atoms with Crippen LogP contribution in [-0.2, 0) is 0 Å². The fraction of sp³-hybridized carbons (Fsp3) is 1.00. The Bertz CT molecular complexity index is 190. The number of hydrogen-bond acceptors (Lipinski definition) is 3. The maximum atomic E-state index is 9.48. The van der Waals surface area contributed by atoms with Crippen LogP contribution < -0.4 is 0 Å². The molecule has 0 aromatic heterocycles. The molecule has 2 rings (SSSR count). The number of aliphatic hydroxyl groups is 2. The van der Waals surface area contributed by atoms with Crippen molar-refractivity contribution in [2.45, 2.75) is 63.1 Å². The van der Waals surface area contributed by atoms with E-state index in [0.717, 1.165) is 38.6 Å². The first-order valence-electron chi connectivity index (χ1n) is 6.36. The van der Waals surface area contributed by atoms with E-state index in [4.69, 9.17) is 0 Å². The minimum absolute atomic E-state index is 0.0707. The number of aliphatic hydroxyl groups excluding tert-OH is 2. The van der Waals surface area contributed by atoms with E-state index in [2.05, 4.69) is 4.90 Å². The van der Waals surface area contributed by atoms with Crippen LogP contribution in [0.4, 0.5) is 0 Å². The van der Waals surface area contributed by atoms with Crippen molar-refractivity contribution in [1.29, 1.82) is 0 Å². The van der Waals surface area contributed by atoms with E-state index < -0.39 is 0 Å². The predicted molar refractivity (Wildman–Crippen MR) is 59.7 cm³/mol.